The summed E-state index contributed by atoms with van der Waals surface area (Å²) in [5, 5.41) is 15.4. The lowest BCUT2D eigenvalue weighted by molar-refractivity contribution is -0.142. The number of thioether (sulfide) groups is 1. The Morgan fingerprint density at radius 2 is 1.78 bits per heavy atom. The Balaban J connectivity index is 2.20. The first-order valence-electron chi connectivity index (χ1n) is 10.1. The van der Waals surface area contributed by atoms with E-state index in [0.29, 0.717) is 5.75 Å². The highest BCUT2D eigenvalue weighted by atomic mass is 32.2. The van der Waals surface area contributed by atoms with E-state index in [1.807, 2.05) is 30.5 Å². The highest BCUT2D eigenvalue weighted by Gasteiger charge is 2.28. The van der Waals surface area contributed by atoms with E-state index in [2.05, 4.69) is 15.6 Å². The molecule has 11 heteroatoms. The maximum Gasteiger partial charge on any atom is 0.326 e. The van der Waals surface area contributed by atoms with Crippen molar-refractivity contribution in [2.24, 2.45) is 11.5 Å². The zero-order chi connectivity index (χ0) is 23.7. The second-order valence-corrected chi connectivity index (χ2v) is 8.40. The van der Waals surface area contributed by atoms with Gasteiger partial charge in [0, 0.05) is 29.9 Å². The quantitative estimate of drug-likeness (QED) is 0.244. The molecule has 0 aliphatic carbocycles. The lowest BCUT2D eigenvalue weighted by atomic mass is 10.0. The van der Waals surface area contributed by atoms with Crippen molar-refractivity contribution in [1.29, 1.82) is 0 Å². The molecule has 32 heavy (non-hydrogen) atoms. The summed E-state index contributed by atoms with van der Waals surface area (Å²) in [6, 6.07) is 4.32. The van der Waals surface area contributed by atoms with Gasteiger partial charge in [-0.05, 0) is 36.5 Å². The molecule has 0 bridgehead atoms. The second-order valence-electron chi connectivity index (χ2n) is 7.42. The number of benzene rings is 1. The summed E-state index contributed by atoms with van der Waals surface area (Å²) < 4.78 is 0. The Morgan fingerprint density at radius 1 is 1.09 bits per heavy atom. The largest absolute Gasteiger partial charge is 0.480 e. The molecule has 1 aromatic heterocycles. The van der Waals surface area contributed by atoms with Gasteiger partial charge in [-0.25, -0.2) is 4.79 Å². The van der Waals surface area contributed by atoms with Crippen LogP contribution in [0.15, 0.2) is 30.5 Å². The van der Waals surface area contributed by atoms with Gasteiger partial charge in [-0.1, -0.05) is 18.2 Å². The summed E-state index contributed by atoms with van der Waals surface area (Å²) >= 11 is 1.47. The number of carboxylic acid groups (broad SMARTS) is 1. The summed E-state index contributed by atoms with van der Waals surface area (Å²) in [4.78, 5) is 51.2. The van der Waals surface area contributed by atoms with Crippen molar-refractivity contribution >= 4 is 46.4 Å². The molecule has 0 aliphatic rings. The van der Waals surface area contributed by atoms with Gasteiger partial charge in [0.1, 0.15) is 12.1 Å². The number of primary amides is 1. The molecule has 0 radical (unpaired) electrons. The number of amides is 3. The van der Waals surface area contributed by atoms with Gasteiger partial charge in [-0.15, -0.1) is 0 Å². The fourth-order valence-electron chi connectivity index (χ4n) is 3.20. The van der Waals surface area contributed by atoms with Crippen LogP contribution in [0.25, 0.3) is 10.9 Å². The lowest BCUT2D eigenvalue weighted by Gasteiger charge is -2.23. The van der Waals surface area contributed by atoms with Crippen molar-refractivity contribution in [3.63, 3.8) is 0 Å². The molecular weight excluding hydrogens is 434 g/mol. The van der Waals surface area contributed by atoms with Crippen LogP contribution in [0.2, 0.25) is 0 Å². The van der Waals surface area contributed by atoms with Crippen molar-refractivity contribution in [1.82, 2.24) is 15.6 Å². The van der Waals surface area contributed by atoms with E-state index in [1.54, 1.807) is 6.20 Å². The van der Waals surface area contributed by atoms with Gasteiger partial charge in [0.25, 0.3) is 0 Å². The summed E-state index contributed by atoms with van der Waals surface area (Å²) in [6.07, 6.45) is 3.92. The van der Waals surface area contributed by atoms with Gasteiger partial charge < -0.3 is 32.2 Å². The van der Waals surface area contributed by atoms with Crippen molar-refractivity contribution in [2.75, 3.05) is 12.0 Å². The fourth-order valence-corrected chi connectivity index (χ4v) is 3.67. The van der Waals surface area contributed by atoms with Crippen molar-refractivity contribution in [3.8, 4) is 0 Å². The third kappa shape index (κ3) is 7.27. The van der Waals surface area contributed by atoms with Gasteiger partial charge in [0.05, 0.1) is 6.04 Å². The minimum Gasteiger partial charge on any atom is -0.480 e. The Hall–Kier alpha value is -3.05. The van der Waals surface area contributed by atoms with Crippen LogP contribution in [-0.4, -0.2) is 63.9 Å². The minimum absolute atomic E-state index is 0.0358. The number of aromatic amines is 1. The highest BCUT2D eigenvalue weighted by molar-refractivity contribution is 7.98. The average Bonchev–Trinajstić information content (AvgIpc) is 3.16. The maximum absolute atomic E-state index is 13.0. The van der Waals surface area contributed by atoms with Crippen LogP contribution in [0, 0.1) is 0 Å². The first kappa shape index (κ1) is 25.2. The Morgan fingerprint density at radius 3 is 2.44 bits per heavy atom. The molecule has 0 spiro atoms. The molecule has 1 heterocycles. The molecule has 0 saturated heterocycles. The van der Waals surface area contributed by atoms with E-state index in [4.69, 9.17) is 11.5 Å². The van der Waals surface area contributed by atoms with E-state index in [1.165, 1.54) is 11.8 Å². The molecule has 3 atom stereocenters. The number of carbonyl (C=O) groups excluding carboxylic acids is 3. The van der Waals surface area contributed by atoms with Crippen LogP contribution in [0.4, 0.5) is 0 Å². The van der Waals surface area contributed by atoms with E-state index in [0.717, 1.165) is 16.5 Å². The second kappa shape index (κ2) is 12.1. The number of fused-ring (bicyclic) bond motifs is 1. The number of nitrogens with two attached hydrogens (primary N) is 2. The van der Waals surface area contributed by atoms with Crippen LogP contribution in [-0.2, 0) is 25.6 Å². The van der Waals surface area contributed by atoms with Gasteiger partial charge in [0.2, 0.25) is 17.7 Å². The molecule has 0 aliphatic heterocycles. The van der Waals surface area contributed by atoms with E-state index >= 15 is 0 Å². The van der Waals surface area contributed by atoms with Gasteiger partial charge in [-0.3, -0.25) is 14.4 Å². The summed E-state index contributed by atoms with van der Waals surface area (Å²) in [5.74, 6) is -2.43. The third-order valence-corrected chi connectivity index (χ3v) is 5.64. The topological polar surface area (TPSA) is 180 Å². The predicted octanol–water partition coefficient (Wildman–Crippen LogP) is 0.111. The molecule has 174 valence electrons. The Labute approximate surface area is 189 Å². The first-order chi connectivity index (χ1) is 15.2. The molecule has 3 amide bonds. The fraction of sp³-hybridized carbons (Fsp3) is 0.429. The van der Waals surface area contributed by atoms with Crippen LogP contribution < -0.4 is 22.1 Å². The van der Waals surface area contributed by atoms with Gasteiger partial charge in [-0.2, -0.15) is 11.8 Å². The number of carboxylic acids is 1. The summed E-state index contributed by atoms with van der Waals surface area (Å²) in [6.45, 7) is 0. The third-order valence-electron chi connectivity index (χ3n) is 5.00. The number of para-hydroxylation sites is 1. The molecule has 8 N–H and O–H groups in total. The maximum atomic E-state index is 13.0. The molecular formula is C21H29N5O5S. The molecule has 0 saturated carbocycles. The molecule has 0 fully saturated rings. The smallest absolute Gasteiger partial charge is 0.326 e. The lowest BCUT2D eigenvalue weighted by Crippen LogP contribution is -2.55. The molecule has 2 aromatic rings. The standard InChI is InChI=1S/C21H29N5O5S/c1-32-9-8-16(21(30)31)25-20(29)17(26-19(28)14(22)6-7-18(23)27)10-12-11-24-15-5-3-2-4-13(12)15/h2-5,11,14,16-17,24H,6-10,22H2,1H3,(H2,23,27)(H,25,29)(H,26,28)(H,30,31)/t14-,16-,17-/m0/s1. The van der Waals surface area contributed by atoms with Crippen LogP contribution in [0.3, 0.4) is 0 Å². The number of aliphatic carboxylic acids is 1. The zero-order valence-electron chi connectivity index (χ0n) is 17.8. The number of hydrogen-bond acceptors (Lipinski definition) is 6. The van der Waals surface area contributed by atoms with Crippen molar-refractivity contribution in [2.45, 2.75) is 43.8 Å². The number of aromatic nitrogens is 1. The van der Waals surface area contributed by atoms with E-state index in [-0.39, 0.29) is 25.7 Å². The molecule has 2 rings (SSSR count). The number of hydrogen-bond donors (Lipinski definition) is 6. The highest BCUT2D eigenvalue weighted by Crippen LogP contribution is 2.19. The average molecular weight is 464 g/mol. The number of nitrogens with one attached hydrogen (secondary N) is 3. The zero-order valence-corrected chi connectivity index (χ0v) is 18.6. The van der Waals surface area contributed by atoms with Crippen LogP contribution in [0.1, 0.15) is 24.8 Å². The van der Waals surface area contributed by atoms with Crippen molar-refractivity contribution in [3.05, 3.63) is 36.0 Å². The van der Waals surface area contributed by atoms with Crippen molar-refractivity contribution < 1.29 is 24.3 Å². The normalized spacial score (nSPS) is 13.8. The van der Waals surface area contributed by atoms with Crippen LogP contribution >= 0.6 is 11.8 Å². The van der Waals surface area contributed by atoms with Gasteiger partial charge >= 0.3 is 5.97 Å². The van der Waals surface area contributed by atoms with E-state index < -0.39 is 41.8 Å². The Bertz CT molecular complexity index is 963. The monoisotopic (exact) mass is 463 g/mol. The molecule has 10 nitrogen and oxygen atoms in total. The number of rotatable bonds is 13. The van der Waals surface area contributed by atoms with Crippen LogP contribution in [0.5, 0.6) is 0 Å². The number of H-pyrrole nitrogens is 1. The number of carbonyl (C=O) groups is 4. The molecule has 1 aromatic carbocycles. The SMILES string of the molecule is CSCC[C@H](NC(=O)[C@H](Cc1c[nH]c2ccccc12)NC(=O)[C@@H](N)CCC(N)=O)C(=O)O. The minimum atomic E-state index is -1.15. The molecule has 0 unspecified atom stereocenters. The predicted molar refractivity (Wildman–Crippen MR) is 123 cm³/mol. The summed E-state index contributed by atoms with van der Waals surface area (Å²) in [7, 11) is 0. The summed E-state index contributed by atoms with van der Waals surface area (Å²) in [5.41, 5.74) is 12.6. The Kier molecular flexibility index (Phi) is 9.54. The first-order valence-corrected chi connectivity index (χ1v) is 11.5. The van der Waals surface area contributed by atoms with E-state index in [9.17, 15) is 24.3 Å². The van der Waals surface area contributed by atoms with Gasteiger partial charge in [0.15, 0.2) is 0 Å².